The zero-order valence-electron chi connectivity index (χ0n) is 16.5. The zero-order chi connectivity index (χ0) is 18.8. The standard InChI is InChI=1S/C20H40O4S.Na.H/c1-4-7-9-11-13-15-17-20(18-16-14-12-10-8-5-2)24-25(21,22)23-19-6-3;;/h6,20H,3-5,7-19H2,1-2H3;;. The summed E-state index contributed by atoms with van der Waals surface area (Å²) in [6.45, 7) is 7.84. The molecule has 0 saturated carbocycles. The van der Waals surface area contributed by atoms with E-state index in [4.69, 9.17) is 8.37 Å². The van der Waals surface area contributed by atoms with Gasteiger partial charge >= 0.3 is 40.0 Å². The summed E-state index contributed by atoms with van der Waals surface area (Å²) in [4.78, 5) is 0. The Kier molecular flexibility index (Phi) is 22.6. The van der Waals surface area contributed by atoms with E-state index in [1.54, 1.807) is 0 Å². The molecule has 0 bridgehead atoms. The van der Waals surface area contributed by atoms with E-state index in [1.165, 1.54) is 57.4 Å². The van der Waals surface area contributed by atoms with Crippen molar-refractivity contribution in [3.05, 3.63) is 12.7 Å². The van der Waals surface area contributed by atoms with Crippen LogP contribution in [0.4, 0.5) is 0 Å². The molecule has 0 aliphatic carbocycles. The van der Waals surface area contributed by atoms with E-state index in [0.717, 1.165) is 38.5 Å². The fraction of sp³-hybridized carbons (Fsp3) is 0.900. The quantitative estimate of drug-likeness (QED) is 0.159. The summed E-state index contributed by atoms with van der Waals surface area (Å²) in [6, 6.07) is 0. The zero-order valence-corrected chi connectivity index (χ0v) is 17.3. The van der Waals surface area contributed by atoms with E-state index >= 15 is 0 Å². The summed E-state index contributed by atoms with van der Waals surface area (Å²) in [7, 11) is -3.92. The molecule has 152 valence electrons. The molecule has 0 atom stereocenters. The molecule has 0 rings (SSSR count). The summed E-state index contributed by atoms with van der Waals surface area (Å²) >= 11 is 0. The van der Waals surface area contributed by atoms with Crippen LogP contribution in [0.1, 0.15) is 104 Å². The topological polar surface area (TPSA) is 52.6 Å². The molecule has 0 spiro atoms. The first kappa shape index (κ1) is 28.8. The van der Waals surface area contributed by atoms with Crippen molar-refractivity contribution in [3.63, 3.8) is 0 Å². The van der Waals surface area contributed by atoms with Gasteiger partial charge in [0.05, 0.1) is 12.7 Å². The van der Waals surface area contributed by atoms with Crippen molar-refractivity contribution in [1.82, 2.24) is 0 Å². The third-order valence-corrected chi connectivity index (χ3v) is 5.28. The molecule has 6 heteroatoms. The molecule has 0 fully saturated rings. The Bertz CT molecular complexity index is 383. The van der Waals surface area contributed by atoms with Crippen LogP contribution >= 0.6 is 0 Å². The molecular formula is C20H41NaO4S. The van der Waals surface area contributed by atoms with E-state index in [9.17, 15) is 8.42 Å². The van der Waals surface area contributed by atoms with Crippen LogP contribution in [-0.2, 0) is 18.8 Å². The van der Waals surface area contributed by atoms with Crippen molar-refractivity contribution < 1.29 is 16.8 Å². The molecule has 0 aromatic carbocycles. The van der Waals surface area contributed by atoms with Crippen LogP contribution in [0.5, 0.6) is 0 Å². The third-order valence-electron chi connectivity index (χ3n) is 4.34. The minimum atomic E-state index is -3.92. The first-order valence-corrected chi connectivity index (χ1v) is 11.6. The van der Waals surface area contributed by atoms with Crippen LogP contribution < -0.4 is 0 Å². The van der Waals surface area contributed by atoms with Crippen molar-refractivity contribution in [2.24, 2.45) is 0 Å². The van der Waals surface area contributed by atoms with E-state index in [1.807, 2.05) is 0 Å². The number of hydrogen-bond donors (Lipinski definition) is 0. The van der Waals surface area contributed by atoms with Crippen LogP contribution in [0, 0.1) is 0 Å². The van der Waals surface area contributed by atoms with Crippen molar-refractivity contribution in [2.45, 2.75) is 110 Å². The van der Waals surface area contributed by atoms with Crippen molar-refractivity contribution in [2.75, 3.05) is 6.61 Å². The summed E-state index contributed by atoms with van der Waals surface area (Å²) in [5.41, 5.74) is 0. The van der Waals surface area contributed by atoms with Gasteiger partial charge in [0.25, 0.3) is 0 Å². The van der Waals surface area contributed by atoms with Crippen LogP contribution in [0.3, 0.4) is 0 Å². The summed E-state index contributed by atoms with van der Waals surface area (Å²) in [5.74, 6) is 0. The van der Waals surface area contributed by atoms with Crippen LogP contribution in [0.25, 0.3) is 0 Å². The molecule has 4 nitrogen and oxygen atoms in total. The normalized spacial score (nSPS) is 11.5. The molecule has 0 aromatic rings. The van der Waals surface area contributed by atoms with Crippen molar-refractivity contribution in [3.8, 4) is 0 Å². The third kappa shape index (κ3) is 19.4. The molecule has 26 heavy (non-hydrogen) atoms. The predicted octanol–water partition coefficient (Wildman–Crippen LogP) is 5.67. The van der Waals surface area contributed by atoms with Gasteiger partial charge in [-0.3, -0.25) is 0 Å². The SMILES string of the molecule is C=CCOS(=O)(=O)OC(CCCCCCCC)CCCCCCCC.[NaH]. The Morgan fingerprint density at radius 1 is 0.808 bits per heavy atom. The van der Waals surface area contributed by atoms with E-state index in [2.05, 4.69) is 20.4 Å². The Morgan fingerprint density at radius 3 is 1.65 bits per heavy atom. The van der Waals surface area contributed by atoms with Gasteiger partial charge in [-0.05, 0) is 12.8 Å². The molecule has 0 aliphatic rings. The second kappa shape index (κ2) is 20.3. The molecule has 0 heterocycles. The van der Waals surface area contributed by atoms with Crippen LogP contribution in [-0.4, -0.2) is 50.7 Å². The second-order valence-electron chi connectivity index (χ2n) is 6.81. The van der Waals surface area contributed by atoms with Crippen molar-refractivity contribution in [1.29, 1.82) is 0 Å². The van der Waals surface area contributed by atoms with Gasteiger partial charge in [0.2, 0.25) is 0 Å². The first-order valence-electron chi connectivity index (χ1n) is 10.2. The molecule has 0 aliphatic heterocycles. The Hall–Kier alpha value is 0.610. The number of unbranched alkanes of at least 4 members (excludes halogenated alkanes) is 10. The van der Waals surface area contributed by atoms with Crippen LogP contribution in [0.2, 0.25) is 0 Å². The van der Waals surface area contributed by atoms with Crippen molar-refractivity contribution >= 4 is 40.0 Å². The molecular weight excluding hydrogens is 359 g/mol. The maximum atomic E-state index is 11.9. The average molecular weight is 401 g/mol. The van der Waals surface area contributed by atoms with Gasteiger partial charge < -0.3 is 0 Å². The Balaban J connectivity index is 0. The monoisotopic (exact) mass is 400 g/mol. The van der Waals surface area contributed by atoms with Gasteiger partial charge in [0.1, 0.15) is 0 Å². The number of hydrogen-bond acceptors (Lipinski definition) is 4. The minimum absolute atomic E-state index is 0. The van der Waals surface area contributed by atoms with Gasteiger partial charge in [-0.1, -0.05) is 97.0 Å². The fourth-order valence-corrected chi connectivity index (χ4v) is 3.72. The molecule has 0 unspecified atom stereocenters. The van der Waals surface area contributed by atoms with Gasteiger partial charge in [0.15, 0.2) is 0 Å². The second-order valence-corrected chi connectivity index (χ2v) is 8.06. The first-order chi connectivity index (χ1) is 12.1. The molecule has 0 saturated heterocycles. The maximum absolute atomic E-state index is 11.9. The fourth-order valence-electron chi connectivity index (χ4n) is 2.87. The Morgan fingerprint density at radius 2 is 1.23 bits per heavy atom. The van der Waals surface area contributed by atoms with E-state index < -0.39 is 10.4 Å². The van der Waals surface area contributed by atoms with Gasteiger partial charge in [-0.25, -0.2) is 8.37 Å². The van der Waals surface area contributed by atoms with E-state index in [-0.39, 0.29) is 42.3 Å². The predicted molar refractivity (Wildman–Crippen MR) is 113 cm³/mol. The summed E-state index contributed by atoms with van der Waals surface area (Å²) < 4.78 is 33.8. The number of rotatable bonds is 19. The average Bonchev–Trinajstić information content (AvgIpc) is 2.58. The molecule has 0 radical (unpaired) electrons. The molecule has 0 amide bonds. The van der Waals surface area contributed by atoms with Gasteiger partial charge in [0, 0.05) is 0 Å². The summed E-state index contributed by atoms with van der Waals surface area (Å²) in [6.07, 6.45) is 17.1. The molecule has 0 aromatic heterocycles. The van der Waals surface area contributed by atoms with Crippen LogP contribution in [0.15, 0.2) is 12.7 Å². The Labute approximate surface area is 185 Å². The van der Waals surface area contributed by atoms with E-state index in [0.29, 0.717) is 0 Å². The van der Waals surface area contributed by atoms with Gasteiger partial charge in [-0.15, -0.1) is 6.58 Å². The summed E-state index contributed by atoms with van der Waals surface area (Å²) in [5, 5.41) is 0. The molecule has 0 N–H and O–H groups in total. The van der Waals surface area contributed by atoms with Gasteiger partial charge in [-0.2, -0.15) is 8.42 Å².